The van der Waals surface area contributed by atoms with Crippen LogP contribution in [0, 0.1) is 0 Å². The van der Waals surface area contributed by atoms with Gasteiger partial charge in [-0.2, -0.15) is 0 Å². The van der Waals surface area contributed by atoms with Gasteiger partial charge in [-0.05, 0) is 139 Å². The number of benzene rings is 10. The number of hydrogen-bond acceptors (Lipinski definition) is 1. The Kier molecular flexibility index (Phi) is 7.92. The maximum absolute atomic E-state index is 2.44. The third-order valence-corrected chi connectivity index (χ3v) is 13.2. The van der Waals surface area contributed by atoms with E-state index in [1.165, 1.54) is 93.5 Å². The van der Waals surface area contributed by atoms with E-state index >= 15 is 0 Å². The van der Waals surface area contributed by atoms with Crippen LogP contribution in [0.15, 0.2) is 218 Å². The quantitative estimate of drug-likeness (QED) is 0.153. The summed E-state index contributed by atoms with van der Waals surface area (Å²) >= 11 is 0. The Morgan fingerprint density at radius 1 is 0.344 bits per heavy atom. The van der Waals surface area contributed by atoms with E-state index in [2.05, 4.69) is 242 Å². The van der Waals surface area contributed by atoms with Crippen molar-refractivity contribution in [1.29, 1.82) is 0 Å². The second kappa shape index (κ2) is 13.7. The number of rotatable bonds is 6. The van der Waals surface area contributed by atoms with Crippen LogP contribution in [0.3, 0.4) is 0 Å². The summed E-state index contributed by atoms with van der Waals surface area (Å²) in [6.07, 6.45) is 0. The van der Waals surface area contributed by atoms with Crippen LogP contribution in [-0.2, 0) is 5.41 Å². The van der Waals surface area contributed by atoms with E-state index in [0.29, 0.717) is 0 Å². The summed E-state index contributed by atoms with van der Waals surface area (Å²) in [5, 5.41) is 7.57. The van der Waals surface area contributed by atoms with Gasteiger partial charge in [0.2, 0.25) is 0 Å². The summed E-state index contributed by atoms with van der Waals surface area (Å²) in [5.41, 5.74) is 17.0. The van der Waals surface area contributed by atoms with Crippen LogP contribution in [0.25, 0.3) is 82.4 Å². The Morgan fingerprint density at radius 2 is 0.984 bits per heavy atom. The number of hydrogen-bond donors (Lipinski definition) is 0. The van der Waals surface area contributed by atoms with Crippen molar-refractivity contribution in [3.8, 4) is 39.1 Å². The third kappa shape index (κ3) is 5.56. The molecule has 12 rings (SSSR count). The molecule has 0 amide bonds. The van der Waals surface area contributed by atoms with E-state index in [1.54, 1.807) is 0 Å². The van der Waals surface area contributed by atoms with Gasteiger partial charge in [-0.25, -0.2) is 0 Å². The van der Waals surface area contributed by atoms with E-state index in [-0.39, 0.29) is 5.41 Å². The van der Waals surface area contributed by atoms with E-state index in [9.17, 15) is 0 Å². The SMILES string of the molecule is CC1(C)c2ccccc2-c2ccc(N(c3ccc(-c4ccc5c(c4)c4ccccc4n5-c4ccccc4)cc3)c3cccc(-c4cc5ccccc5c5ccccc45)c3)cc21. The maximum atomic E-state index is 2.44. The molecule has 61 heavy (non-hydrogen) atoms. The van der Waals surface area contributed by atoms with Gasteiger partial charge in [0, 0.05) is 38.9 Å². The molecule has 2 nitrogen and oxygen atoms in total. The van der Waals surface area contributed by atoms with Gasteiger partial charge in [-0.1, -0.05) is 159 Å². The van der Waals surface area contributed by atoms with Gasteiger partial charge in [0.1, 0.15) is 0 Å². The monoisotopic (exact) mass is 778 g/mol. The molecule has 2 heteroatoms. The second-order valence-electron chi connectivity index (χ2n) is 16.9. The van der Waals surface area contributed by atoms with E-state index in [1.807, 2.05) is 0 Å². The van der Waals surface area contributed by atoms with Crippen LogP contribution in [0.4, 0.5) is 17.1 Å². The molecule has 0 bridgehead atoms. The zero-order chi connectivity index (χ0) is 40.7. The van der Waals surface area contributed by atoms with Crippen molar-refractivity contribution >= 4 is 60.4 Å². The topological polar surface area (TPSA) is 8.17 Å². The fraction of sp³-hybridized carbons (Fsp3) is 0.0508. The Bertz CT molecular complexity index is 3500. The number of nitrogens with zero attached hydrogens (tertiary/aromatic N) is 2. The van der Waals surface area contributed by atoms with Crippen LogP contribution in [0.1, 0.15) is 25.0 Å². The Morgan fingerprint density at radius 3 is 1.84 bits per heavy atom. The summed E-state index contributed by atoms with van der Waals surface area (Å²) < 4.78 is 2.38. The summed E-state index contributed by atoms with van der Waals surface area (Å²) in [6.45, 7) is 4.72. The van der Waals surface area contributed by atoms with Crippen molar-refractivity contribution in [3.05, 3.63) is 230 Å². The van der Waals surface area contributed by atoms with Gasteiger partial charge in [-0.15, -0.1) is 0 Å². The molecule has 0 saturated carbocycles. The molecular formula is C59H42N2. The summed E-state index contributed by atoms with van der Waals surface area (Å²) in [4.78, 5) is 2.44. The van der Waals surface area contributed by atoms with E-state index in [0.717, 1.165) is 17.1 Å². The van der Waals surface area contributed by atoms with Crippen LogP contribution < -0.4 is 4.90 Å². The average molecular weight is 779 g/mol. The molecule has 0 atom stereocenters. The van der Waals surface area contributed by atoms with Crippen molar-refractivity contribution in [2.75, 3.05) is 4.90 Å². The molecule has 0 aliphatic heterocycles. The van der Waals surface area contributed by atoms with Crippen molar-refractivity contribution in [2.24, 2.45) is 0 Å². The van der Waals surface area contributed by atoms with Gasteiger partial charge in [0.05, 0.1) is 11.0 Å². The molecule has 0 saturated heterocycles. The Labute approximate surface area is 356 Å². The lowest BCUT2D eigenvalue weighted by atomic mass is 9.82. The predicted octanol–water partition coefficient (Wildman–Crippen LogP) is 16.2. The van der Waals surface area contributed by atoms with Crippen molar-refractivity contribution in [3.63, 3.8) is 0 Å². The molecular weight excluding hydrogens is 737 g/mol. The number of aromatic nitrogens is 1. The van der Waals surface area contributed by atoms with Crippen molar-refractivity contribution in [2.45, 2.75) is 19.3 Å². The number of anilines is 3. The largest absolute Gasteiger partial charge is 0.310 e. The fourth-order valence-corrected chi connectivity index (χ4v) is 10.2. The molecule has 288 valence electrons. The van der Waals surface area contributed by atoms with Gasteiger partial charge < -0.3 is 9.47 Å². The highest BCUT2D eigenvalue weighted by atomic mass is 15.1. The highest BCUT2D eigenvalue weighted by Crippen LogP contribution is 2.51. The molecule has 1 aliphatic carbocycles. The molecule has 1 aliphatic rings. The zero-order valence-corrected chi connectivity index (χ0v) is 34.2. The first-order chi connectivity index (χ1) is 30.0. The van der Waals surface area contributed by atoms with Crippen LogP contribution >= 0.6 is 0 Å². The van der Waals surface area contributed by atoms with Crippen molar-refractivity contribution < 1.29 is 0 Å². The smallest absolute Gasteiger partial charge is 0.0541 e. The molecule has 0 spiro atoms. The standard InChI is InChI=1S/C59H42N2/c1-59(2)55-25-12-10-23-50(55)51-33-32-46(38-56(51)59)60(45-19-14-16-41(35-45)53-37-42-15-6-7-20-47(42)48-21-8-9-22-49(48)53)44-30-27-39(28-31-44)40-29-34-58-54(36-40)52-24-11-13-26-57(52)61(58)43-17-4-3-5-18-43/h3-38H,1-2H3. The Hall–Kier alpha value is -7.68. The highest BCUT2D eigenvalue weighted by molar-refractivity contribution is 6.14. The highest BCUT2D eigenvalue weighted by Gasteiger charge is 2.35. The van der Waals surface area contributed by atoms with E-state index in [4.69, 9.17) is 0 Å². The van der Waals surface area contributed by atoms with Crippen molar-refractivity contribution in [1.82, 2.24) is 4.57 Å². The normalized spacial score (nSPS) is 12.9. The summed E-state index contributed by atoms with van der Waals surface area (Å²) in [5.74, 6) is 0. The first kappa shape index (κ1) is 35.3. The summed E-state index contributed by atoms with van der Waals surface area (Å²) in [7, 11) is 0. The fourth-order valence-electron chi connectivity index (χ4n) is 10.2. The van der Waals surface area contributed by atoms with Gasteiger partial charge in [0.25, 0.3) is 0 Å². The first-order valence-corrected chi connectivity index (χ1v) is 21.3. The minimum Gasteiger partial charge on any atom is -0.310 e. The number of fused-ring (bicyclic) bond motifs is 9. The molecule has 0 N–H and O–H groups in total. The molecule has 1 aromatic heterocycles. The van der Waals surface area contributed by atoms with Crippen LogP contribution in [-0.4, -0.2) is 4.57 Å². The maximum Gasteiger partial charge on any atom is 0.0541 e. The van der Waals surface area contributed by atoms with E-state index < -0.39 is 0 Å². The molecule has 0 radical (unpaired) electrons. The average Bonchev–Trinajstić information content (AvgIpc) is 3.77. The number of para-hydroxylation sites is 2. The minimum atomic E-state index is -0.119. The summed E-state index contributed by atoms with van der Waals surface area (Å²) in [6, 6.07) is 80.4. The molecule has 0 fully saturated rings. The lowest BCUT2D eigenvalue weighted by Crippen LogP contribution is -2.16. The van der Waals surface area contributed by atoms with Crippen LogP contribution in [0.2, 0.25) is 0 Å². The molecule has 0 unspecified atom stereocenters. The lowest BCUT2D eigenvalue weighted by Gasteiger charge is -2.28. The molecule has 11 aromatic rings. The molecule has 10 aromatic carbocycles. The first-order valence-electron chi connectivity index (χ1n) is 21.3. The Balaban J connectivity index is 1.00. The minimum absolute atomic E-state index is 0.119. The van der Waals surface area contributed by atoms with Gasteiger partial charge in [0.15, 0.2) is 0 Å². The van der Waals surface area contributed by atoms with Gasteiger partial charge >= 0.3 is 0 Å². The lowest BCUT2D eigenvalue weighted by molar-refractivity contribution is 0.660. The molecule has 1 heterocycles. The second-order valence-corrected chi connectivity index (χ2v) is 16.9. The van der Waals surface area contributed by atoms with Gasteiger partial charge in [-0.3, -0.25) is 0 Å². The third-order valence-electron chi connectivity index (χ3n) is 13.2. The zero-order valence-electron chi connectivity index (χ0n) is 34.2. The predicted molar refractivity (Wildman–Crippen MR) is 259 cm³/mol. The van der Waals surface area contributed by atoms with Crippen LogP contribution in [0.5, 0.6) is 0 Å².